The normalized spacial score (nSPS) is 23.2. The van der Waals surface area contributed by atoms with Crippen LogP contribution in [0, 0.1) is 5.92 Å². The first-order chi connectivity index (χ1) is 4.93. The lowest BCUT2D eigenvalue weighted by molar-refractivity contribution is 0.506. The minimum absolute atomic E-state index is 0. The monoisotopic (exact) mass is 178 g/mol. The molecule has 3 heteroatoms. The molecule has 11 heavy (non-hydrogen) atoms. The van der Waals surface area contributed by atoms with Crippen LogP contribution in [-0.2, 0) is 0 Å². The van der Waals surface area contributed by atoms with E-state index in [1.807, 2.05) is 0 Å². The highest BCUT2D eigenvalue weighted by molar-refractivity contribution is 5.85. The van der Waals surface area contributed by atoms with Crippen LogP contribution in [0.1, 0.15) is 19.8 Å². The second-order valence-electron chi connectivity index (χ2n) is 3.00. The highest BCUT2D eigenvalue weighted by Gasteiger charge is 2.12. The van der Waals surface area contributed by atoms with E-state index < -0.39 is 0 Å². The zero-order valence-corrected chi connectivity index (χ0v) is 8.04. The second-order valence-corrected chi connectivity index (χ2v) is 3.00. The molecule has 0 aromatic carbocycles. The van der Waals surface area contributed by atoms with Gasteiger partial charge in [0.15, 0.2) is 0 Å². The van der Waals surface area contributed by atoms with Crippen LogP contribution in [-0.4, -0.2) is 26.2 Å². The maximum Gasteiger partial charge on any atom is -0.00196 e. The van der Waals surface area contributed by atoms with Gasteiger partial charge in [0, 0.05) is 0 Å². The van der Waals surface area contributed by atoms with E-state index in [1.165, 1.54) is 32.5 Å². The molecule has 0 aromatic rings. The molecule has 0 spiro atoms. The van der Waals surface area contributed by atoms with Gasteiger partial charge in [0.05, 0.1) is 0 Å². The van der Waals surface area contributed by atoms with Crippen molar-refractivity contribution in [2.45, 2.75) is 19.8 Å². The summed E-state index contributed by atoms with van der Waals surface area (Å²) in [6.45, 7) is 6.94. The molecule has 0 saturated carbocycles. The summed E-state index contributed by atoms with van der Waals surface area (Å²) in [4.78, 5) is 0. The SMILES string of the molecule is CCNCC[C@@H]1CCNC1.Cl. The molecule has 1 aliphatic rings. The molecule has 1 rings (SSSR count). The van der Waals surface area contributed by atoms with Crippen LogP contribution in [0.2, 0.25) is 0 Å². The standard InChI is InChI=1S/C8H18N2.ClH/c1-2-9-5-3-8-4-6-10-7-8;/h8-10H,2-7H2,1H3;1H/t8-;/m1./s1. The third-order valence-corrected chi connectivity index (χ3v) is 2.14. The second kappa shape index (κ2) is 6.89. The molecule has 1 heterocycles. The van der Waals surface area contributed by atoms with Gasteiger partial charge in [-0.3, -0.25) is 0 Å². The Labute approximate surface area is 75.5 Å². The lowest BCUT2D eigenvalue weighted by atomic mass is 10.1. The minimum Gasteiger partial charge on any atom is -0.317 e. The number of hydrogen-bond donors (Lipinski definition) is 2. The van der Waals surface area contributed by atoms with E-state index >= 15 is 0 Å². The number of nitrogens with one attached hydrogen (secondary N) is 2. The topological polar surface area (TPSA) is 24.1 Å². The molecule has 2 N–H and O–H groups in total. The van der Waals surface area contributed by atoms with Crippen molar-refractivity contribution >= 4 is 12.4 Å². The van der Waals surface area contributed by atoms with Gasteiger partial charge < -0.3 is 10.6 Å². The zero-order chi connectivity index (χ0) is 7.23. The Morgan fingerprint density at radius 2 is 2.36 bits per heavy atom. The molecular weight excluding hydrogens is 160 g/mol. The Bertz CT molecular complexity index is 82.2. The molecule has 1 atom stereocenters. The summed E-state index contributed by atoms with van der Waals surface area (Å²) in [6, 6.07) is 0. The van der Waals surface area contributed by atoms with Crippen LogP contribution in [0.25, 0.3) is 0 Å². The predicted molar refractivity (Wildman–Crippen MR) is 51.4 cm³/mol. The van der Waals surface area contributed by atoms with Gasteiger partial charge in [-0.05, 0) is 44.9 Å². The Kier molecular flexibility index (Phi) is 7.02. The molecule has 1 aliphatic heterocycles. The fourth-order valence-electron chi connectivity index (χ4n) is 1.44. The molecule has 68 valence electrons. The third kappa shape index (κ3) is 4.62. The van der Waals surface area contributed by atoms with Crippen LogP contribution in [0.5, 0.6) is 0 Å². The van der Waals surface area contributed by atoms with Crippen molar-refractivity contribution in [3.8, 4) is 0 Å². The van der Waals surface area contributed by atoms with Gasteiger partial charge in [-0.25, -0.2) is 0 Å². The Morgan fingerprint density at radius 3 is 2.91 bits per heavy atom. The van der Waals surface area contributed by atoms with Gasteiger partial charge in [-0.1, -0.05) is 6.92 Å². The van der Waals surface area contributed by atoms with E-state index in [0.717, 1.165) is 12.5 Å². The molecule has 0 bridgehead atoms. The van der Waals surface area contributed by atoms with Crippen LogP contribution < -0.4 is 10.6 Å². The van der Waals surface area contributed by atoms with E-state index in [1.54, 1.807) is 0 Å². The molecule has 1 saturated heterocycles. The van der Waals surface area contributed by atoms with E-state index in [2.05, 4.69) is 17.6 Å². The Morgan fingerprint density at radius 1 is 1.55 bits per heavy atom. The van der Waals surface area contributed by atoms with Gasteiger partial charge in [0.25, 0.3) is 0 Å². The minimum atomic E-state index is 0. The van der Waals surface area contributed by atoms with E-state index in [-0.39, 0.29) is 12.4 Å². The van der Waals surface area contributed by atoms with Crippen LogP contribution in [0.4, 0.5) is 0 Å². The summed E-state index contributed by atoms with van der Waals surface area (Å²) in [5, 5.41) is 6.72. The smallest absolute Gasteiger partial charge is 0.00196 e. The highest BCUT2D eigenvalue weighted by Crippen LogP contribution is 2.10. The summed E-state index contributed by atoms with van der Waals surface area (Å²) in [5.41, 5.74) is 0. The van der Waals surface area contributed by atoms with Gasteiger partial charge in [-0.15, -0.1) is 12.4 Å². The zero-order valence-electron chi connectivity index (χ0n) is 7.23. The van der Waals surface area contributed by atoms with Gasteiger partial charge in [0.2, 0.25) is 0 Å². The third-order valence-electron chi connectivity index (χ3n) is 2.14. The largest absolute Gasteiger partial charge is 0.317 e. The summed E-state index contributed by atoms with van der Waals surface area (Å²) in [7, 11) is 0. The summed E-state index contributed by atoms with van der Waals surface area (Å²) in [6.07, 6.45) is 2.73. The molecule has 2 nitrogen and oxygen atoms in total. The fourth-order valence-corrected chi connectivity index (χ4v) is 1.44. The molecular formula is C8H19ClN2. The molecule has 0 aliphatic carbocycles. The van der Waals surface area contributed by atoms with Crippen molar-refractivity contribution in [3.05, 3.63) is 0 Å². The maximum atomic E-state index is 3.37. The molecule has 1 fully saturated rings. The summed E-state index contributed by atoms with van der Waals surface area (Å²) < 4.78 is 0. The van der Waals surface area contributed by atoms with Crippen LogP contribution >= 0.6 is 12.4 Å². The van der Waals surface area contributed by atoms with Crippen molar-refractivity contribution < 1.29 is 0 Å². The van der Waals surface area contributed by atoms with Crippen molar-refractivity contribution in [1.29, 1.82) is 0 Å². The molecule has 0 amide bonds. The quantitative estimate of drug-likeness (QED) is 0.629. The average Bonchev–Trinajstić information content (AvgIpc) is 2.41. The van der Waals surface area contributed by atoms with E-state index in [4.69, 9.17) is 0 Å². The number of hydrogen-bond acceptors (Lipinski definition) is 2. The van der Waals surface area contributed by atoms with E-state index in [9.17, 15) is 0 Å². The van der Waals surface area contributed by atoms with E-state index in [0.29, 0.717) is 0 Å². The first kappa shape index (κ1) is 11.2. The summed E-state index contributed by atoms with van der Waals surface area (Å²) in [5.74, 6) is 0.944. The lowest BCUT2D eigenvalue weighted by Crippen LogP contribution is -2.18. The van der Waals surface area contributed by atoms with Gasteiger partial charge in [-0.2, -0.15) is 0 Å². The Hall–Kier alpha value is 0.210. The highest BCUT2D eigenvalue weighted by atomic mass is 35.5. The van der Waals surface area contributed by atoms with Crippen LogP contribution in [0.3, 0.4) is 0 Å². The van der Waals surface area contributed by atoms with Crippen molar-refractivity contribution in [2.75, 3.05) is 26.2 Å². The fraction of sp³-hybridized carbons (Fsp3) is 1.00. The summed E-state index contributed by atoms with van der Waals surface area (Å²) >= 11 is 0. The first-order valence-electron chi connectivity index (χ1n) is 4.35. The van der Waals surface area contributed by atoms with Crippen molar-refractivity contribution in [1.82, 2.24) is 10.6 Å². The molecule has 0 unspecified atom stereocenters. The molecule has 0 aromatic heterocycles. The lowest BCUT2D eigenvalue weighted by Gasteiger charge is -2.06. The first-order valence-corrected chi connectivity index (χ1v) is 4.35. The van der Waals surface area contributed by atoms with Crippen molar-refractivity contribution in [2.24, 2.45) is 5.92 Å². The van der Waals surface area contributed by atoms with Gasteiger partial charge >= 0.3 is 0 Å². The average molecular weight is 179 g/mol. The number of halogens is 1. The maximum absolute atomic E-state index is 3.37. The number of rotatable bonds is 4. The van der Waals surface area contributed by atoms with Crippen LogP contribution in [0.15, 0.2) is 0 Å². The predicted octanol–water partition coefficient (Wildman–Crippen LogP) is 1.02. The molecule has 0 radical (unpaired) electrons. The Balaban J connectivity index is 0.000001000. The van der Waals surface area contributed by atoms with Gasteiger partial charge in [0.1, 0.15) is 0 Å². The van der Waals surface area contributed by atoms with Crippen molar-refractivity contribution in [3.63, 3.8) is 0 Å².